The topological polar surface area (TPSA) is 97.2 Å². The van der Waals surface area contributed by atoms with Crippen molar-refractivity contribution in [3.63, 3.8) is 0 Å². The van der Waals surface area contributed by atoms with Crippen molar-refractivity contribution in [3.8, 4) is 0 Å². The number of hydrogen-bond donors (Lipinski definition) is 2. The van der Waals surface area contributed by atoms with Crippen LogP contribution in [0.1, 0.15) is 18.9 Å². The zero-order valence-electron chi connectivity index (χ0n) is 19.7. The molecule has 11 heteroatoms. The van der Waals surface area contributed by atoms with Gasteiger partial charge in [0, 0.05) is 31.7 Å². The third kappa shape index (κ3) is 6.16. The maximum Gasteiger partial charge on any atom is 0.229 e. The first-order chi connectivity index (χ1) is 16.3. The second-order valence-electron chi connectivity index (χ2n) is 8.81. The van der Waals surface area contributed by atoms with Gasteiger partial charge in [-0.15, -0.1) is 0 Å². The smallest absolute Gasteiger partial charge is 0.229 e. The molecule has 0 spiro atoms. The summed E-state index contributed by atoms with van der Waals surface area (Å²) in [5.74, 6) is 0.832. The predicted molar refractivity (Wildman–Crippen MR) is 138 cm³/mol. The van der Waals surface area contributed by atoms with E-state index >= 15 is 0 Å². The van der Waals surface area contributed by atoms with E-state index in [9.17, 15) is 4.57 Å². The van der Waals surface area contributed by atoms with E-state index in [1.165, 1.54) is 0 Å². The van der Waals surface area contributed by atoms with Crippen molar-refractivity contribution >= 4 is 47.2 Å². The van der Waals surface area contributed by atoms with E-state index in [1.807, 2.05) is 35.1 Å². The van der Waals surface area contributed by atoms with Crippen molar-refractivity contribution in [1.29, 1.82) is 0 Å². The molecule has 2 aromatic heterocycles. The molecule has 34 heavy (non-hydrogen) atoms. The monoisotopic (exact) mass is 503 g/mol. The lowest BCUT2D eigenvalue weighted by molar-refractivity contribution is 0.113. The highest BCUT2D eigenvalue weighted by Crippen LogP contribution is 2.38. The highest BCUT2D eigenvalue weighted by molar-refractivity contribution is 7.70. The molecule has 1 saturated heterocycles. The van der Waals surface area contributed by atoms with Gasteiger partial charge in [0.2, 0.25) is 5.95 Å². The molecule has 182 valence electrons. The molecule has 0 saturated carbocycles. The summed E-state index contributed by atoms with van der Waals surface area (Å²) in [6.45, 7) is 7.19. The lowest BCUT2D eigenvalue weighted by Crippen LogP contribution is -2.38. The van der Waals surface area contributed by atoms with E-state index in [0.717, 1.165) is 50.1 Å². The lowest BCUT2D eigenvalue weighted by atomic mass is 10.1. The number of rotatable bonds is 9. The van der Waals surface area contributed by atoms with Gasteiger partial charge in [-0.25, -0.2) is 4.98 Å². The van der Waals surface area contributed by atoms with Crippen LogP contribution in [-0.4, -0.2) is 71.3 Å². The number of methoxy groups -OCH3 is 1. The maximum atomic E-state index is 12.7. The number of anilines is 4. The van der Waals surface area contributed by atoms with Gasteiger partial charge in [0.05, 0.1) is 36.4 Å². The summed E-state index contributed by atoms with van der Waals surface area (Å²) in [6, 6.07) is 7.79. The Hall–Kier alpha value is -2.45. The number of nitrogens with zero attached hydrogens (tertiary/aromatic N) is 5. The number of aromatic nitrogens is 4. The fourth-order valence-electron chi connectivity index (χ4n) is 4.09. The number of likely N-dealkylation sites (tertiary alicyclic amines) is 1. The Morgan fingerprint density at radius 1 is 1.24 bits per heavy atom. The fraction of sp³-hybridized carbons (Fsp3) is 0.435. The number of hydrogen-bond acceptors (Lipinski definition) is 8. The van der Waals surface area contributed by atoms with Crippen LogP contribution in [0.3, 0.4) is 0 Å². The summed E-state index contributed by atoms with van der Waals surface area (Å²) in [5, 5.41) is 12.1. The van der Waals surface area contributed by atoms with Gasteiger partial charge in [-0.1, -0.05) is 23.7 Å². The Morgan fingerprint density at radius 2 is 2.06 bits per heavy atom. The van der Waals surface area contributed by atoms with Gasteiger partial charge in [0.15, 0.2) is 5.82 Å². The molecule has 4 rings (SSSR count). The first-order valence-electron chi connectivity index (χ1n) is 11.3. The first kappa shape index (κ1) is 24.7. The van der Waals surface area contributed by atoms with E-state index < -0.39 is 7.14 Å². The molecule has 0 bridgehead atoms. The van der Waals surface area contributed by atoms with Gasteiger partial charge >= 0.3 is 0 Å². The summed E-state index contributed by atoms with van der Waals surface area (Å²) in [7, 11) is -0.749. The molecule has 9 nitrogen and oxygen atoms in total. The molecule has 1 fully saturated rings. The van der Waals surface area contributed by atoms with Gasteiger partial charge in [0.25, 0.3) is 0 Å². The van der Waals surface area contributed by atoms with Crippen molar-refractivity contribution in [3.05, 3.63) is 47.9 Å². The van der Waals surface area contributed by atoms with E-state index in [2.05, 4.69) is 30.6 Å². The molecule has 1 aliphatic heterocycles. The third-order valence-electron chi connectivity index (χ3n) is 5.81. The number of halogens is 1. The number of para-hydroxylation sites is 1. The minimum absolute atomic E-state index is 0.319. The van der Waals surface area contributed by atoms with Crippen LogP contribution in [0.15, 0.2) is 42.9 Å². The van der Waals surface area contributed by atoms with Crippen LogP contribution in [-0.2, 0) is 9.30 Å². The molecular weight excluding hydrogens is 473 g/mol. The van der Waals surface area contributed by atoms with Crippen LogP contribution in [0.2, 0.25) is 5.02 Å². The summed E-state index contributed by atoms with van der Waals surface area (Å²) in [6.07, 6.45) is 7.53. The van der Waals surface area contributed by atoms with Crippen molar-refractivity contribution in [1.82, 2.24) is 24.6 Å². The van der Waals surface area contributed by atoms with Crippen molar-refractivity contribution in [2.75, 3.05) is 57.3 Å². The number of nitrogens with one attached hydrogen (secondary N) is 2. The quantitative estimate of drug-likeness (QED) is 0.416. The number of piperidine rings is 1. The van der Waals surface area contributed by atoms with Gasteiger partial charge in [0.1, 0.15) is 12.2 Å². The van der Waals surface area contributed by atoms with Crippen molar-refractivity contribution in [2.24, 2.45) is 0 Å². The van der Waals surface area contributed by atoms with E-state index in [4.69, 9.17) is 16.3 Å². The van der Waals surface area contributed by atoms with Gasteiger partial charge in [-0.05, 0) is 44.8 Å². The Labute approximate surface area is 205 Å². The molecule has 0 aliphatic carbocycles. The van der Waals surface area contributed by atoms with Crippen LogP contribution in [0, 0.1) is 0 Å². The average molecular weight is 504 g/mol. The van der Waals surface area contributed by atoms with E-state index in [1.54, 1.807) is 32.8 Å². The van der Waals surface area contributed by atoms with Crippen LogP contribution >= 0.6 is 18.7 Å². The maximum absolute atomic E-state index is 12.7. The van der Waals surface area contributed by atoms with Gasteiger partial charge < -0.3 is 19.9 Å². The largest absolute Gasteiger partial charge is 0.383 e. The van der Waals surface area contributed by atoms with Crippen LogP contribution < -0.4 is 15.9 Å². The lowest BCUT2D eigenvalue weighted by Gasteiger charge is -2.32. The molecule has 1 aliphatic rings. The van der Waals surface area contributed by atoms with Gasteiger partial charge in [-0.2, -0.15) is 10.1 Å². The Kier molecular flexibility index (Phi) is 7.88. The Morgan fingerprint density at radius 3 is 2.85 bits per heavy atom. The standard InChI is InChI=1S/C23H31ClN7O2P/c1-33-12-11-30-10-6-7-18(16-30)31-15-17(13-26-31)27-23-25-14-19(24)22(29-23)28-20-8-4-5-9-21(20)34(2,3)32/h4-5,8-9,13-15,18H,6-7,10-12,16H2,1-3H3,(H2,25,27,28,29)/t18-/m0/s1. The zero-order chi connectivity index (χ0) is 24.1. The highest BCUT2D eigenvalue weighted by Gasteiger charge is 2.22. The molecule has 1 atom stereocenters. The summed E-state index contributed by atoms with van der Waals surface area (Å²) in [5.41, 5.74) is 1.51. The highest BCUT2D eigenvalue weighted by atomic mass is 35.5. The molecule has 3 heterocycles. The first-order valence-corrected chi connectivity index (χ1v) is 14.3. The van der Waals surface area contributed by atoms with E-state index in [0.29, 0.717) is 28.5 Å². The SMILES string of the molecule is COCCN1CCC[C@H](n2cc(Nc3ncc(Cl)c(Nc4ccccc4P(C)(C)=O)n3)cn2)C1. The number of ether oxygens (including phenoxy) is 1. The third-order valence-corrected chi connectivity index (χ3v) is 7.63. The van der Waals surface area contributed by atoms with Gasteiger partial charge in [-0.3, -0.25) is 9.58 Å². The fourth-order valence-corrected chi connectivity index (χ4v) is 5.39. The van der Waals surface area contributed by atoms with Crippen LogP contribution in [0.5, 0.6) is 0 Å². The van der Waals surface area contributed by atoms with Crippen LogP contribution in [0.25, 0.3) is 0 Å². The predicted octanol–water partition coefficient (Wildman–Crippen LogP) is 4.35. The normalized spacial score (nSPS) is 17.0. The molecule has 1 aromatic carbocycles. The molecular formula is C23H31ClN7O2P. The molecule has 2 N–H and O–H groups in total. The second-order valence-corrected chi connectivity index (χ2v) is 12.4. The van der Waals surface area contributed by atoms with Crippen molar-refractivity contribution < 1.29 is 9.30 Å². The summed E-state index contributed by atoms with van der Waals surface area (Å²) < 4.78 is 19.9. The zero-order valence-corrected chi connectivity index (χ0v) is 21.4. The minimum atomic E-state index is -2.48. The average Bonchev–Trinajstić information content (AvgIpc) is 3.28. The molecule has 0 unspecified atom stereocenters. The van der Waals surface area contributed by atoms with E-state index in [-0.39, 0.29) is 0 Å². The summed E-state index contributed by atoms with van der Waals surface area (Å²) in [4.78, 5) is 11.3. The molecule has 0 amide bonds. The van der Waals surface area contributed by atoms with Crippen molar-refractivity contribution in [2.45, 2.75) is 18.9 Å². The second kappa shape index (κ2) is 10.9. The minimum Gasteiger partial charge on any atom is -0.383 e. The molecule has 0 radical (unpaired) electrons. The Balaban J connectivity index is 1.47. The van der Waals surface area contributed by atoms with Crippen LogP contribution in [0.4, 0.5) is 23.1 Å². The summed E-state index contributed by atoms with van der Waals surface area (Å²) >= 11 is 6.36. The Bertz CT molecular complexity index is 1170. The number of benzene rings is 1. The molecule has 3 aromatic rings.